The highest BCUT2D eigenvalue weighted by Crippen LogP contribution is 2.31. The molecule has 246 valence electrons. The van der Waals surface area contributed by atoms with Crippen LogP contribution in [-0.4, -0.2) is 85.5 Å². The highest BCUT2D eigenvalue weighted by Gasteiger charge is 2.34. The van der Waals surface area contributed by atoms with Gasteiger partial charge in [-0.15, -0.1) is 0 Å². The molecular formula is C35H40N6O6. The van der Waals surface area contributed by atoms with Crippen molar-refractivity contribution in [2.45, 2.75) is 32.7 Å². The van der Waals surface area contributed by atoms with Gasteiger partial charge in [-0.05, 0) is 73.4 Å². The van der Waals surface area contributed by atoms with E-state index in [4.69, 9.17) is 4.74 Å². The summed E-state index contributed by atoms with van der Waals surface area (Å²) < 4.78 is 5.22. The average Bonchev–Trinajstić information content (AvgIpc) is 3.10. The summed E-state index contributed by atoms with van der Waals surface area (Å²) in [5.41, 5.74) is 4.66. The van der Waals surface area contributed by atoms with E-state index in [1.807, 2.05) is 48.2 Å². The Kier molecular flexibility index (Phi) is 9.28. The van der Waals surface area contributed by atoms with Crippen molar-refractivity contribution in [2.24, 2.45) is 5.92 Å². The molecule has 3 aliphatic rings. The van der Waals surface area contributed by atoms with Crippen LogP contribution >= 0.6 is 0 Å². The molecule has 3 aliphatic heterocycles. The first-order valence-corrected chi connectivity index (χ1v) is 16.1. The van der Waals surface area contributed by atoms with Crippen LogP contribution in [0.25, 0.3) is 0 Å². The molecule has 12 heteroatoms. The molecule has 0 radical (unpaired) electrons. The van der Waals surface area contributed by atoms with Crippen molar-refractivity contribution >= 4 is 40.6 Å². The van der Waals surface area contributed by atoms with Gasteiger partial charge in [0.05, 0.1) is 18.6 Å². The number of rotatable bonds is 8. The van der Waals surface area contributed by atoms with E-state index in [9.17, 15) is 24.5 Å². The second-order valence-corrected chi connectivity index (χ2v) is 12.3. The normalized spacial score (nSPS) is 17.7. The van der Waals surface area contributed by atoms with Gasteiger partial charge in [0, 0.05) is 87.3 Å². The van der Waals surface area contributed by atoms with E-state index in [0.717, 1.165) is 73.0 Å². The molecule has 0 atom stereocenters. The predicted octanol–water partition coefficient (Wildman–Crippen LogP) is 4.84. The maximum Gasteiger partial charge on any atom is 0.331 e. The molecule has 0 N–H and O–H groups in total. The quantitative estimate of drug-likeness (QED) is 0.254. The predicted molar refractivity (Wildman–Crippen MR) is 179 cm³/mol. The van der Waals surface area contributed by atoms with E-state index in [-0.39, 0.29) is 42.4 Å². The van der Waals surface area contributed by atoms with Gasteiger partial charge in [0.1, 0.15) is 5.75 Å². The van der Waals surface area contributed by atoms with Gasteiger partial charge < -0.3 is 19.4 Å². The molecule has 12 nitrogen and oxygen atoms in total. The van der Waals surface area contributed by atoms with E-state index in [1.165, 1.54) is 17.0 Å². The standard InChI is InChI=1S/C35H40N6O6/c1-25-23-30(9-12-32(25)39-18-15-33(42)40(35(39)44)24-26-3-10-31(47-2)11-4-26)37-19-21-38(22-20-37)34(43)27-13-16-36(17-14-27)28-5-7-29(8-6-28)41(45)46/h3-12,23,27H,13-22,24H2,1-2H3. The zero-order chi connectivity index (χ0) is 33.1. The van der Waals surface area contributed by atoms with Crippen LogP contribution in [0.4, 0.5) is 27.5 Å². The van der Waals surface area contributed by atoms with Crippen molar-refractivity contribution < 1.29 is 24.0 Å². The van der Waals surface area contributed by atoms with E-state index in [2.05, 4.69) is 15.9 Å². The first-order chi connectivity index (χ1) is 22.7. The number of imide groups is 1. The summed E-state index contributed by atoms with van der Waals surface area (Å²) in [6, 6.07) is 19.7. The van der Waals surface area contributed by atoms with Gasteiger partial charge in [0.25, 0.3) is 5.69 Å². The lowest BCUT2D eigenvalue weighted by atomic mass is 9.94. The fraction of sp³-hybridized carbons (Fsp3) is 0.400. The molecule has 3 heterocycles. The third-order valence-corrected chi connectivity index (χ3v) is 9.51. The van der Waals surface area contributed by atoms with Gasteiger partial charge in [0.2, 0.25) is 11.8 Å². The number of piperidine rings is 1. The van der Waals surface area contributed by atoms with Crippen molar-refractivity contribution in [1.82, 2.24) is 9.80 Å². The van der Waals surface area contributed by atoms with E-state index in [1.54, 1.807) is 24.1 Å². The van der Waals surface area contributed by atoms with Crippen LogP contribution in [0.3, 0.4) is 0 Å². The Bertz CT molecular complexity index is 1630. The number of piperazine rings is 1. The molecule has 47 heavy (non-hydrogen) atoms. The number of amides is 4. The summed E-state index contributed by atoms with van der Waals surface area (Å²) in [7, 11) is 1.60. The number of ether oxygens (including phenoxy) is 1. The Morgan fingerprint density at radius 1 is 0.851 bits per heavy atom. The number of anilines is 3. The third kappa shape index (κ3) is 6.86. The number of aryl methyl sites for hydroxylation is 1. The summed E-state index contributed by atoms with van der Waals surface area (Å²) in [6.07, 6.45) is 1.78. The van der Waals surface area contributed by atoms with Crippen LogP contribution in [-0.2, 0) is 16.1 Å². The maximum absolute atomic E-state index is 13.5. The highest BCUT2D eigenvalue weighted by atomic mass is 16.6. The van der Waals surface area contributed by atoms with Gasteiger partial charge >= 0.3 is 6.03 Å². The van der Waals surface area contributed by atoms with Gasteiger partial charge in [-0.3, -0.25) is 29.5 Å². The van der Waals surface area contributed by atoms with E-state index in [0.29, 0.717) is 19.6 Å². The molecule has 0 unspecified atom stereocenters. The molecule has 3 aromatic rings. The summed E-state index contributed by atoms with van der Waals surface area (Å²) >= 11 is 0. The Morgan fingerprint density at radius 3 is 2.11 bits per heavy atom. The average molecular weight is 641 g/mol. The monoisotopic (exact) mass is 640 g/mol. The number of methoxy groups -OCH3 is 1. The number of nitro benzene ring substituents is 1. The minimum Gasteiger partial charge on any atom is -0.497 e. The van der Waals surface area contributed by atoms with Crippen molar-refractivity contribution in [2.75, 3.05) is 67.6 Å². The van der Waals surface area contributed by atoms with Gasteiger partial charge in [0.15, 0.2) is 0 Å². The topological polar surface area (TPSA) is 120 Å². The van der Waals surface area contributed by atoms with Crippen molar-refractivity contribution in [3.05, 3.63) is 88.0 Å². The second-order valence-electron chi connectivity index (χ2n) is 12.3. The lowest BCUT2D eigenvalue weighted by molar-refractivity contribution is -0.384. The molecule has 0 bridgehead atoms. The minimum absolute atomic E-state index is 0.0179. The van der Waals surface area contributed by atoms with Crippen LogP contribution in [0.5, 0.6) is 5.75 Å². The number of carbonyl (C=O) groups excluding carboxylic acids is 3. The van der Waals surface area contributed by atoms with Crippen LogP contribution in [0.2, 0.25) is 0 Å². The fourth-order valence-corrected chi connectivity index (χ4v) is 6.74. The van der Waals surface area contributed by atoms with Gasteiger partial charge in [-0.1, -0.05) is 12.1 Å². The Morgan fingerprint density at radius 2 is 1.49 bits per heavy atom. The molecule has 0 aliphatic carbocycles. The fourth-order valence-electron chi connectivity index (χ4n) is 6.74. The van der Waals surface area contributed by atoms with Crippen LogP contribution < -0.4 is 19.4 Å². The number of hydrogen-bond donors (Lipinski definition) is 0. The molecule has 0 spiro atoms. The number of benzene rings is 3. The number of non-ortho nitro benzene ring substituents is 1. The Balaban J connectivity index is 1.02. The molecule has 3 fully saturated rings. The molecule has 0 saturated carbocycles. The number of nitrogens with zero attached hydrogens (tertiary/aromatic N) is 6. The second kappa shape index (κ2) is 13.7. The number of urea groups is 1. The molecule has 3 saturated heterocycles. The van der Waals surface area contributed by atoms with E-state index >= 15 is 0 Å². The summed E-state index contributed by atoms with van der Waals surface area (Å²) in [5, 5.41) is 11.0. The largest absolute Gasteiger partial charge is 0.497 e. The summed E-state index contributed by atoms with van der Waals surface area (Å²) in [4.78, 5) is 59.6. The van der Waals surface area contributed by atoms with Crippen molar-refractivity contribution in [1.29, 1.82) is 0 Å². The van der Waals surface area contributed by atoms with Crippen molar-refractivity contribution in [3.8, 4) is 5.75 Å². The Hall–Kier alpha value is -5.13. The van der Waals surface area contributed by atoms with Gasteiger partial charge in [-0.25, -0.2) is 4.79 Å². The zero-order valence-corrected chi connectivity index (χ0v) is 26.8. The number of hydrogen-bond acceptors (Lipinski definition) is 8. The molecule has 0 aromatic heterocycles. The highest BCUT2D eigenvalue weighted by molar-refractivity contribution is 6.06. The van der Waals surface area contributed by atoms with Crippen LogP contribution in [0, 0.1) is 23.0 Å². The third-order valence-electron chi connectivity index (χ3n) is 9.51. The minimum atomic E-state index is -0.397. The zero-order valence-electron chi connectivity index (χ0n) is 26.8. The smallest absolute Gasteiger partial charge is 0.331 e. The Labute approximate surface area is 274 Å². The maximum atomic E-state index is 13.5. The molecular weight excluding hydrogens is 600 g/mol. The lowest BCUT2D eigenvalue weighted by Crippen LogP contribution is -2.52. The van der Waals surface area contributed by atoms with Crippen LogP contribution in [0.1, 0.15) is 30.4 Å². The first kappa shape index (κ1) is 31.8. The molecule has 4 amide bonds. The SMILES string of the molecule is COc1ccc(CN2C(=O)CCN(c3ccc(N4CCN(C(=O)C5CCN(c6ccc([N+](=O)[O-])cc6)CC5)CC4)cc3C)C2=O)cc1. The van der Waals surface area contributed by atoms with Crippen LogP contribution in [0.15, 0.2) is 66.7 Å². The lowest BCUT2D eigenvalue weighted by Gasteiger charge is -2.40. The first-order valence-electron chi connectivity index (χ1n) is 16.1. The summed E-state index contributed by atoms with van der Waals surface area (Å²) in [6.45, 7) is 6.75. The molecule has 6 rings (SSSR count). The number of carbonyl (C=O) groups is 3. The van der Waals surface area contributed by atoms with Crippen molar-refractivity contribution in [3.63, 3.8) is 0 Å². The molecule has 3 aromatic carbocycles. The number of nitro groups is 1. The van der Waals surface area contributed by atoms with Gasteiger partial charge in [-0.2, -0.15) is 0 Å². The van der Waals surface area contributed by atoms with E-state index < -0.39 is 4.92 Å². The summed E-state index contributed by atoms with van der Waals surface area (Å²) in [5.74, 6) is 0.723.